The third kappa shape index (κ3) is 5.04. The van der Waals surface area contributed by atoms with Crippen LogP contribution in [-0.4, -0.2) is 0 Å². The van der Waals surface area contributed by atoms with E-state index in [9.17, 15) is 0 Å². The SMILES string of the molecule is Cc1ccc(C2=Cc3c(cc(C)c(C)c3-c3ccc(C(C)(C)C)cc3)C2)o1.[Cl][Zr][Cl]. The standard InChI is InChI=1S/C26H28O.2ClH.Zr/c1-16-13-20-14-21(24-12-7-17(2)27-24)15-23(20)25(18(16)3)19-8-10-22(11-9-19)26(4,5)6;;;/h7-13,15H,14H2,1-6H3;2*1H;/q;;;+2/p-2. The number of furan rings is 1. The van der Waals surface area contributed by atoms with Crippen molar-refractivity contribution in [2.45, 2.75) is 53.4 Å². The number of hydrogen-bond acceptors (Lipinski definition) is 1. The monoisotopic (exact) mass is 516 g/mol. The van der Waals surface area contributed by atoms with Crippen LogP contribution in [0.4, 0.5) is 0 Å². The summed E-state index contributed by atoms with van der Waals surface area (Å²) in [6.07, 6.45) is 3.27. The molecule has 2 aromatic carbocycles. The Balaban J connectivity index is 0.000000806. The zero-order valence-corrected chi connectivity index (χ0v) is 22.5. The first-order valence-corrected chi connectivity index (χ1v) is 16.5. The van der Waals surface area contributed by atoms with E-state index < -0.39 is 20.8 Å². The Kier molecular flexibility index (Phi) is 7.54. The fraction of sp³-hybridized carbons (Fsp3) is 0.308. The average Bonchev–Trinajstić information content (AvgIpc) is 3.29. The molecule has 0 N–H and O–H groups in total. The van der Waals surface area contributed by atoms with Gasteiger partial charge in [0.2, 0.25) is 0 Å². The van der Waals surface area contributed by atoms with Crippen molar-refractivity contribution in [1.29, 1.82) is 0 Å². The zero-order valence-electron chi connectivity index (χ0n) is 18.5. The number of hydrogen-bond donors (Lipinski definition) is 0. The van der Waals surface area contributed by atoms with Crippen LogP contribution in [0.15, 0.2) is 46.9 Å². The number of aryl methyl sites for hydroxylation is 2. The van der Waals surface area contributed by atoms with Crippen molar-refractivity contribution in [2.24, 2.45) is 0 Å². The number of benzene rings is 2. The first kappa shape index (κ1) is 23.6. The molecule has 1 nitrogen and oxygen atoms in total. The molecule has 0 saturated heterocycles. The van der Waals surface area contributed by atoms with Crippen molar-refractivity contribution in [3.8, 4) is 11.1 Å². The van der Waals surface area contributed by atoms with Crippen molar-refractivity contribution >= 4 is 28.7 Å². The van der Waals surface area contributed by atoms with Crippen LogP contribution in [0.2, 0.25) is 0 Å². The summed E-state index contributed by atoms with van der Waals surface area (Å²) >= 11 is -0.826. The molecule has 3 aromatic rings. The predicted octanol–water partition coefficient (Wildman–Crippen LogP) is 8.64. The molecule has 0 amide bonds. The number of allylic oxidation sites excluding steroid dienone is 1. The summed E-state index contributed by atoms with van der Waals surface area (Å²) in [5, 5.41) is 0. The van der Waals surface area contributed by atoms with Gasteiger partial charge < -0.3 is 4.42 Å². The van der Waals surface area contributed by atoms with Crippen molar-refractivity contribution in [3.05, 3.63) is 81.8 Å². The second-order valence-electron chi connectivity index (χ2n) is 8.92. The molecule has 0 aliphatic heterocycles. The molecule has 0 fully saturated rings. The second kappa shape index (κ2) is 9.60. The molecule has 1 aliphatic carbocycles. The number of rotatable bonds is 2. The molecule has 30 heavy (non-hydrogen) atoms. The van der Waals surface area contributed by atoms with Gasteiger partial charge >= 0.3 is 37.9 Å². The summed E-state index contributed by atoms with van der Waals surface area (Å²) in [5.74, 6) is 1.96. The van der Waals surface area contributed by atoms with E-state index in [1.807, 2.05) is 13.0 Å². The van der Waals surface area contributed by atoms with Crippen LogP contribution < -0.4 is 0 Å². The summed E-state index contributed by atoms with van der Waals surface area (Å²) in [6.45, 7) is 13.2. The maximum absolute atomic E-state index is 5.89. The van der Waals surface area contributed by atoms with Gasteiger partial charge in [0, 0.05) is 6.42 Å². The molecule has 0 bridgehead atoms. The first-order chi connectivity index (χ1) is 14.2. The van der Waals surface area contributed by atoms with E-state index in [-0.39, 0.29) is 5.41 Å². The van der Waals surface area contributed by atoms with Gasteiger partial charge in [0.05, 0.1) is 0 Å². The van der Waals surface area contributed by atoms with Gasteiger partial charge in [0.25, 0.3) is 0 Å². The second-order valence-corrected chi connectivity index (χ2v) is 12.7. The van der Waals surface area contributed by atoms with Crippen LogP contribution in [-0.2, 0) is 32.7 Å². The van der Waals surface area contributed by atoms with Crippen molar-refractivity contribution in [3.63, 3.8) is 0 Å². The fourth-order valence-corrected chi connectivity index (χ4v) is 4.02. The van der Waals surface area contributed by atoms with Gasteiger partial charge in [-0.15, -0.1) is 0 Å². The zero-order chi connectivity index (χ0) is 22.1. The molecule has 4 heteroatoms. The predicted molar refractivity (Wildman–Crippen MR) is 127 cm³/mol. The van der Waals surface area contributed by atoms with E-state index in [2.05, 4.69) is 77.1 Å². The van der Waals surface area contributed by atoms with Gasteiger partial charge in [0.15, 0.2) is 0 Å². The van der Waals surface area contributed by atoms with Gasteiger partial charge in [-0.2, -0.15) is 0 Å². The number of halogens is 2. The molecule has 0 atom stereocenters. The Morgan fingerprint density at radius 2 is 1.57 bits per heavy atom. The van der Waals surface area contributed by atoms with Crippen LogP contribution in [0.3, 0.4) is 0 Å². The van der Waals surface area contributed by atoms with E-state index in [4.69, 9.17) is 21.4 Å². The Morgan fingerprint density at radius 1 is 0.933 bits per heavy atom. The molecule has 0 unspecified atom stereocenters. The van der Waals surface area contributed by atoms with E-state index >= 15 is 0 Å². The third-order valence-electron chi connectivity index (χ3n) is 5.77. The quantitative estimate of drug-likeness (QED) is 0.331. The molecule has 156 valence electrons. The molecule has 1 aliphatic rings. The molecular formula is C26H28Cl2OZr. The van der Waals surface area contributed by atoms with Gasteiger partial charge in [0.1, 0.15) is 11.5 Å². The van der Waals surface area contributed by atoms with Gasteiger partial charge in [-0.1, -0.05) is 51.1 Å². The molecular weight excluding hydrogens is 490 g/mol. The fourth-order valence-electron chi connectivity index (χ4n) is 4.02. The Hall–Kier alpha value is -1.08. The molecule has 1 aromatic heterocycles. The van der Waals surface area contributed by atoms with Crippen molar-refractivity contribution in [2.75, 3.05) is 0 Å². The van der Waals surface area contributed by atoms with Crippen LogP contribution in [0.5, 0.6) is 0 Å². The van der Waals surface area contributed by atoms with E-state index in [1.165, 1.54) is 44.5 Å². The molecule has 0 radical (unpaired) electrons. The van der Waals surface area contributed by atoms with Crippen LogP contribution >= 0.6 is 17.0 Å². The topological polar surface area (TPSA) is 13.1 Å². The summed E-state index contributed by atoms with van der Waals surface area (Å²) in [7, 11) is 9.87. The Morgan fingerprint density at radius 3 is 2.10 bits per heavy atom. The van der Waals surface area contributed by atoms with Gasteiger partial charge in [-0.25, -0.2) is 0 Å². The minimum atomic E-state index is -0.826. The minimum absolute atomic E-state index is 0.173. The van der Waals surface area contributed by atoms with Crippen LogP contribution in [0.25, 0.3) is 22.8 Å². The van der Waals surface area contributed by atoms with Gasteiger partial charge in [-0.3, -0.25) is 0 Å². The number of fused-ring (bicyclic) bond motifs is 1. The summed E-state index contributed by atoms with van der Waals surface area (Å²) in [4.78, 5) is 0. The average molecular weight is 519 g/mol. The Labute approximate surface area is 199 Å². The summed E-state index contributed by atoms with van der Waals surface area (Å²) < 4.78 is 5.89. The van der Waals surface area contributed by atoms with E-state index in [0.717, 1.165) is 17.9 Å². The molecule has 4 rings (SSSR count). The van der Waals surface area contributed by atoms with Crippen LogP contribution in [0, 0.1) is 20.8 Å². The third-order valence-corrected chi connectivity index (χ3v) is 5.77. The summed E-state index contributed by atoms with van der Waals surface area (Å²) in [5.41, 5.74) is 11.0. The van der Waals surface area contributed by atoms with Crippen molar-refractivity contribution < 1.29 is 25.3 Å². The van der Waals surface area contributed by atoms with Crippen LogP contribution in [0.1, 0.15) is 60.1 Å². The van der Waals surface area contributed by atoms with Crippen molar-refractivity contribution in [1.82, 2.24) is 0 Å². The van der Waals surface area contributed by atoms with Gasteiger partial charge in [-0.05, 0) is 88.9 Å². The summed E-state index contributed by atoms with van der Waals surface area (Å²) in [6, 6.07) is 15.6. The van der Waals surface area contributed by atoms with E-state index in [1.54, 1.807) is 0 Å². The normalized spacial score (nSPS) is 12.7. The molecule has 0 spiro atoms. The first-order valence-electron chi connectivity index (χ1n) is 10.1. The molecule has 1 heterocycles. The van der Waals surface area contributed by atoms with E-state index in [0.29, 0.717) is 0 Å². The molecule has 0 saturated carbocycles. The Bertz CT molecular complexity index is 1070. The maximum atomic E-state index is 5.89.